The highest BCUT2D eigenvalue weighted by atomic mass is 16.5. The minimum Gasteiger partial charge on any atom is -0.457 e. The predicted molar refractivity (Wildman–Crippen MR) is 230 cm³/mol. The third kappa shape index (κ3) is 5.32. The molecule has 6 heteroatoms. The van der Waals surface area contributed by atoms with Crippen molar-refractivity contribution in [2.45, 2.75) is 40.5 Å². The van der Waals surface area contributed by atoms with Crippen molar-refractivity contribution in [2.75, 3.05) is 0 Å². The number of pyridine rings is 1. The molecule has 0 N–H and O–H groups in total. The van der Waals surface area contributed by atoms with Crippen LogP contribution in [-0.2, 0) is 0 Å². The highest BCUT2D eigenvalue weighted by molar-refractivity contribution is 6.12. The summed E-state index contributed by atoms with van der Waals surface area (Å²) in [6, 6.07) is 51.1. The minimum atomic E-state index is 0.260. The Hall–Kier alpha value is -6.92. The van der Waals surface area contributed by atoms with Crippen LogP contribution in [0.1, 0.15) is 42.3 Å². The summed E-state index contributed by atoms with van der Waals surface area (Å²) in [4.78, 5) is 5.01. The lowest BCUT2D eigenvalue weighted by molar-refractivity contribution is 0.482. The molecule has 10 rings (SSSR count). The van der Waals surface area contributed by atoms with Gasteiger partial charge in [0.05, 0.1) is 44.8 Å². The van der Waals surface area contributed by atoms with E-state index in [-0.39, 0.29) is 5.92 Å². The zero-order valence-corrected chi connectivity index (χ0v) is 32.2. The highest BCUT2D eigenvalue weighted by Crippen LogP contribution is 2.39. The van der Waals surface area contributed by atoms with Crippen LogP contribution in [-0.4, -0.2) is 23.9 Å². The van der Waals surface area contributed by atoms with Crippen molar-refractivity contribution in [2.24, 2.45) is 0 Å². The summed E-state index contributed by atoms with van der Waals surface area (Å²) in [7, 11) is 0. The topological polar surface area (TPSA) is 49.8 Å². The minimum absolute atomic E-state index is 0.260. The van der Waals surface area contributed by atoms with Gasteiger partial charge in [0.15, 0.2) is 0 Å². The maximum atomic E-state index is 6.68. The lowest BCUT2D eigenvalue weighted by atomic mass is 9.97. The smallest absolute Gasteiger partial charge is 0.139 e. The number of hydrogen-bond acceptors (Lipinski definition) is 3. The Morgan fingerprint density at radius 2 is 1.20 bits per heavy atom. The van der Waals surface area contributed by atoms with Gasteiger partial charge in [0.2, 0.25) is 0 Å². The van der Waals surface area contributed by atoms with Gasteiger partial charge in [-0.25, -0.2) is 9.67 Å². The number of benzene rings is 6. The van der Waals surface area contributed by atoms with Gasteiger partial charge in [0.25, 0.3) is 0 Å². The molecule has 0 aliphatic heterocycles. The van der Waals surface area contributed by atoms with Crippen molar-refractivity contribution in [3.8, 4) is 39.8 Å². The van der Waals surface area contributed by atoms with Crippen LogP contribution in [0.25, 0.3) is 71.9 Å². The summed E-state index contributed by atoms with van der Waals surface area (Å²) >= 11 is 0. The zero-order chi connectivity index (χ0) is 38.1. The second-order valence-corrected chi connectivity index (χ2v) is 15.1. The molecule has 10 aromatic rings. The molecule has 0 spiro atoms. The second kappa shape index (κ2) is 13.1. The van der Waals surface area contributed by atoms with Gasteiger partial charge in [-0.15, -0.1) is 0 Å². The van der Waals surface area contributed by atoms with Crippen LogP contribution in [0, 0.1) is 20.8 Å². The fraction of sp³-hybridized carbons (Fsp3) is 0.120. The summed E-state index contributed by atoms with van der Waals surface area (Å²) in [6.45, 7) is 10.9. The molecule has 6 aromatic carbocycles. The standard InChI is InChI=1S/C50H41N5O/c1-31(2)48-47(35-16-7-6-8-17-35)34(5)52-55(48)37-18-13-19-38(28-37)56-39-24-25-41-40-20-9-10-23-44(40)54(45(41)30-39)46-29-36(26-27-51-46)53-49-32(3)14-11-21-42(49)43-22-12-15-33(4)50(43)53/h6-31H,1-5H3. The predicted octanol–water partition coefficient (Wildman–Crippen LogP) is 13.0. The molecule has 0 saturated carbocycles. The molecular formula is C50H41N5O. The monoisotopic (exact) mass is 727 g/mol. The van der Waals surface area contributed by atoms with Gasteiger partial charge < -0.3 is 9.30 Å². The van der Waals surface area contributed by atoms with Crippen molar-refractivity contribution < 1.29 is 4.74 Å². The number of hydrogen-bond donors (Lipinski definition) is 0. The molecule has 0 radical (unpaired) electrons. The van der Waals surface area contributed by atoms with Crippen LogP contribution in [0.2, 0.25) is 0 Å². The third-order valence-corrected chi connectivity index (χ3v) is 11.1. The largest absolute Gasteiger partial charge is 0.457 e. The fourth-order valence-electron chi connectivity index (χ4n) is 8.70. The van der Waals surface area contributed by atoms with Crippen molar-refractivity contribution in [1.82, 2.24) is 23.9 Å². The molecule has 0 atom stereocenters. The molecule has 0 fully saturated rings. The average molecular weight is 728 g/mol. The maximum Gasteiger partial charge on any atom is 0.139 e. The number of para-hydroxylation sites is 3. The van der Waals surface area contributed by atoms with Gasteiger partial charge in [0, 0.05) is 51.5 Å². The van der Waals surface area contributed by atoms with E-state index in [0.29, 0.717) is 0 Å². The number of rotatable bonds is 7. The molecule has 0 saturated heterocycles. The first-order chi connectivity index (χ1) is 27.4. The van der Waals surface area contributed by atoms with Gasteiger partial charge in [0.1, 0.15) is 17.3 Å². The van der Waals surface area contributed by atoms with Crippen LogP contribution in [0.5, 0.6) is 11.5 Å². The Bertz CT molecular complexity index is 3070. The van der Waals surface area contributed by atoms with Crippen LogP contribution >= 0.6 is 0 Å². The van der Waals surface area contributed by atoms with Crippen LogP contribution < -0.4 is 4.74 Å². The van der Waals surface area contributed by atoms with E-state index in [1.807, 2.05) is 18.3 Å². The highest BCUT2D eigenvalue weighted by Gasteiger charge is 2.22. The number of aromatic nitrogens is 5. The number of aryl methyl sites for hydroxylation is 3. The Kier molecular flexibility index (Phi) is 7.89. The van der Waals surface area contributed by atoms with E-state index in [1.54, 1.807) is 0 Å². The number of fused-ring (bicyclic) bond motifs is 6. The summed E-state index contributed by atoms with van der Waals surface area (Å²) in [5.74, 6) is 2.59. The lowest BCUT2D eigenvalue weighted by Gasteiger charge is -2.15. The van der Waals surface area contributed by atoms with E-state index in [0.717, 1.165) is 56.2 Å². The molecule has 272 valence electrons. The second-order valence-electron chi connectivity index (χ2n) is 15.1. The Morgan fingerprint density at radius 1 is 0.536 bits per heavy atom. The molecule has 56 heavy (non-hydrogen) atoms. The Labute approximate surface area is 325 Å². The Morgan fingerprint density at radius 3 is 1.95 bits per heavy atom. The van der Waals surface area contributed by atoms with E-state index in [1.165, 1.54) is 49.8 Å². The third-order valence-electron chi connectivity index (χ3n) is 11.1. The van der Waals surface area contributed by atoms with Crippen LogP contribution in [0.4, 0.5) is 0 Å². The lowest BCUT2D eigenvalue weighted by Crippen LogP contribution is -2.05. The van der Waals surface area contributed by atoms with Gasteiger partial charge in [-0.2, -0.15) is 5.10 Å². The normalized spacial score (nSPS) is 11.8. The molecule has 0 aliphatic carbocycles. The quantitative estimate of drug-likeness (QED) is 0.164. The molecular weight excluding hydrogens is 687 g/mol. The first-order valence-electron chi connectivity index (χ1n) is 19.3. The van der Waals surface area contributed by atoms with Crippen molar-refractivity contribution in [3.05, 3.63) is 174 Å². The van der Waals surface area contributed by atoms with Gasteiger partial charge in [-0.1, -0.05) is 105 Å². The van der Waals surface area contributed by atoms with E-state index in [2.05, 4.69) is 182 Å². The molecule has 4 heterocycles. The van der Waals surface area contributed by atoms with E-state index in [4.69, 9.17) is 14.8 Å². The Balaban J connectivity index is 1.09. The maximum absolute atomic E-state index is 6.68. The van der Waals surface area contributed by atoms with Gasteiger partial charge in [-0.3, -0.25) is 4.57 Å². The molecule has 0 amide bonds. The van der Waals surface area contributed by atoms with E-state index >= 15 is 0 Å². The molecule has 0 unspecified atom stereocenters. The summed E-state index contributed by atoms with van der Waals surface area (Å²) in [6.07, 6.45) is 1.93. The summed E-state index contributed by atoms with van der Waals surface area (Å²) in [5.41, 5.74) is 13.6. The van der Waals surface area contributed by atoms with Crippen molar-refractivity contribution in [1.29, 1.82) is 0 Å². The number of ether oxygens (including phenoxy) is 1. The van der Waals surface area contributed by atoms with Crippen LogP contribution in [0.15, 0.2) is 152 Å². The van der Waals surface area contributed by atoms with Crippen molar-refractivity contribution in [3.63, 3.8) is 0 Å². The fourth-order valence-corrected chi connectivity index (χ4v) is 8.70. The van der Waals surface area contributed by atoms with Gasteiger partial charge >= 0.3 is 0 Å². The van der Waals surface area contributed by atoms with E-state index in [9.17, 15) is 0 Å². The first kappa shape index (κ1) is 33.6. The summed E-state index contributed by atoms with van der Waals surface area (Å²) in [5, 5.41) is 9.86. The summed E-state index contributed by atoms with van der Waals surface area (Å²) < 4.78 is 13.4. The number of nitrogens with zero attached hydrogens (tertiary/aromatic N) is 5. The van der Waals surface area contributed by atoms with Crippen molar-refractivity contribution >= 4 is 43.6 Å². The first-order valence-corrected chi connectivity index (χ1v) is 19.3. The zero-order valence-electron chi connectivity index (χ0n) is 32.2. The average Bonchev–Trinajstić information content (AvgIpc) is 3.87. The molecule has 0 bridgehead atoms. The van der Waals surface area contributed by atoms with Crippen LogP contribution in [0.3, 0.4) is 0 Å². The molecule has 6 nitrogen and oxygen atoms in total. The van der Waals surface area contributed by atoms with Gasteiger partial charge in [-0.05, 0) is 79.8 Å². The molecule has 4 aromatic heterocycles. The SMILES string of the molecule is Cc1nn(-c2cccc(Oc3ccc4c5ccccc5n(-c5cc(-n6c7c(C)cccc7c7cccc(C)c76)ccn5)c4c3)c2)c(C(C)C)c1-c1ccccc1. The van der Waals surface area contributed by atoms with E-state index < -0.39 is 0 Å². The molecule has 0 aliphatic rings.